The van der Waals surface area contributed by atoms with Crippen LogP contribution in [0.25, 0.3) is 0 Å². The summed E-state index contributed by atoms with van der Waals surface area (Å²) in [6, 6.07) is 7.87. The molecule has 4 N–H and O–H groups in total. The molecule has 0 atom stereocenters. The lowest BCUT2D eigenvalue weighted by Gasteiger charge is -2.30. The van der Waals surface area contributed by atoms with Crippen LogP contribution in [0, 0.1) is 5.41 Å². The third kappa shape index (κ3) is 4.77. The Bertz CT molecular complexity index is 764. The molecule has 27 heavy (non-hydrogen) atoms. The number of aromatic nitrogens is 2. The fourth-order valence-electron chi connectivity index (χ4n) is 3.22. The lowest BCUT2D eigenvalue weighted by molar-refractivity contribution is -0.111. The molecule has 1 aliphatic rings. The van der Waals surface area contributed by atoms with Gasteiger partial charge in [0.1, 0.15) is 24.6 Å². The standard InChI is InChI=1S/C19H23F2N5O/c20-19(21,13-4-2-1-3-5-13)11-27-15-8-6-14(7-9-15)26-18-16(10-22)17(23)24-12-25-18/h1-5,10,12,14-15,22H,6-9,11H2,(H3,23,24,25,26). The molecule has 0 spiro atoms. The predicted octanol–water partition coefficient (Wildman–Crippen LogP) is 3.59. The van der Waals surface area contributed by atoms with Crippen LogP contribution in [-0.4, -0.2) is 34.9 Å². The molecule has 0 bridgehead atoms. The minimum atomic E-state index is -2.99. The van der Waals surface area contributed by atoms with Gasteiger partial charge >= 0.3 is 0 Å². The normalized spacial score (nSPS) is 20.2. The smallest absolute Gasteiger partial charge is 0.296 e. The summed E-state index contributed by atoms with van der Waals surface area (Å²) in [6.07, 6.45) is 5.19. The molecule has 0 amide bonds. The molecule has 8 heteroatoms. The van der Waals surface area contributed by atoms with Crippen LogP contribution in [-0.2, 0) is 10.7 Å². The van der Waals surface area contributed by atoms with Gasteiger partial charge in [0.15, 0.2) is 0 Å². The van der Waals surface area contributed by atoms with E-state index in [-0.39, 0.29) is 23.5 Å². The highest BCUT2D eigenvalue weighted by Crippen LogP contribution is 2.31. The lowest BCUT2D eigenvalue weighted by Crippen LogP contribution is -2.33. The summed E-state index contributed by atoms with van der Waals surface area (Å²) in [5.74, 6) is -2.21. The summed E-state index contributed by atoms with van der Waals surface area (Å²) in [6.45, 7) is -0.611. The zero-order valence-corrected chi connectivity index (χ0v) is 14.9. The summed E-state index contributed by atoms with van der Waals surface area (Å²) in [4.78, 5) is 8.01. The van der Waals surface area contributed by atoms with Crippen molar-refractivity contribution in [2.24, 2.45) is 0 Å². The number of nitrogens with two attached hydrogens (primary N) is 1. The molecule has 1 aliphatic carbocycles. The molecule has 1 aromatic heterocycles. The highest BCUT2D eigenvalue weighted by atomic mass is 19.3. The van der Waals surface area contributed by atoms with E-state index in [0.29, 0.717) is 24.2 Å². The van der Waals surface area contributed by atoms with Crippen molar-refractivity contribution in [2.45, 2.75) is 43.8 Å². The first-order valence-corrected chi connectivity index (χ1v) is 8.92. The number of nitrogen functional groups attached to an aromatic ring is 1. The van der Waals surface area contributed by atoms with Gasteiger partial charge in [0.25, 0.3) is 5.92 Å². The molecule has 0 saturated heterocycles. The summed E-state index contributed by atoms with van der Waals surface area (Å²) < 4.78 is 33.9. The zero-order chi connectivity index (χ0) is 19.3. The van der Waals surface area contributed by atoms with E-state index in [0.717, 1.165) is 19.1 Å². The van der Waals surface area contributed by atoms with Crippen LogP contribution < -0.4 is 11.1 Å². The Kier molecular flexibility index (Phi) is 5.95. The van der Waals surface area contributed by atoms with Crippen LogP contribution in [0.5, 0.6) is 0 Å². The van der Waals surface area contributed by atoms with Gasteiger partial charge in [-0.15, -0.1) is 0 Å². The molecule has 1 heterocycles. The Labute approximate surface area is 156 Å². The molecule has 3 rings (SSSR count). The largest absolute Gasteiger partial charge is 0.383 e. The average Bonchev–Trinajstić information content (AvgIpc) is 2.68. The van der Waals surface area contributed by atoms with Crippen LogP contribution in [0.3, 0.4) is 0 Å². The van der Waals surface area contributed by atoms with E-state index in [1.165, 1.54) is 18.5 Å². The number of alkyl halides is 2. The van der Waals surface area contributed by atoms with Crippen LogP contribution in [0.2, 0.25) is 0 Å². The highest BCUT2D eigenvalue weighted by molar-refractivity contribution is 5.89. The van der Waals surface area contributed by atoms with Crippen LogP contribution in [0.1, 0.15) is 36.8 Å². The first-order chi connectivity index (χ1) is 13.0. The van der Waals surface area contributed by atoms with Crippen molar-refractivity contribution in [1.82, 2.24) is 9.97 Å². The number of nitrogens with zero attached hydrogens (tertiary/aromatic N) is 2. The molecule has 0 unspecified atom stereocenters. The van der Waals surface area contributed by atoms with Gasteiger partial charge in [0.2, 0.25) is 0 Å². The maximum absolute atomic E-state index is 14.2. The monoisotopic (exact) mass is 375 g/mol. The van der Waals surface area contributed by atoms with Crippen molar-refractivity contribution >= 4 is 17.9 Å². The summed E-state index contributed by atoms with van der Waals surface area (Å²) in [5.41, 5.74) is 6.18. The summed E-state index contributed by atoms with van der Waals surface area (Å²) in [5, 5.41) is 10.7. The van der Waals surface area contributed by atoms with E-state index in [1.807, 2.05) is 0 Å². The maximum atomic E-state index is 14.2. The first-order valence-electron chi connectivity index (χ1n) is 8.92. The molecule has 144 valence electrons. The Morgan fingerprint density at radius 2 is 1.89 bits per heavy atom. The second kappa shape index (κ2) is 8.39. The molecule has 0 aliphatic heterocycles. The fraction of sp³-hybridized carbons (Fsp3) is 0.421. The first kappa shape index (κ1) is 19.2. The van der Waals surface area contributed by atoms with Crippen LogP contribution in [0.15, 0.2) is 36.7 Å². The van der Waals surface area contributed by atoms with E-state index in [1.54, 1.807) is 18.2 Å². The number of hydrogen-bond donors (Lipinski definition) is 3. The van der Waals surface area contributed by atoms with E-state index in [9.17, 15) is 8.78 Å². The lowest BCUT2D eigenvalue weighted by atomic mass is 9.92. The van der Waals surface area contributed by atoms with E-state index < -0.39 is 12.5 Å². The second-order valence-corrected chi connectivity index (χ2v) is 6.66. The van der Waals surface area contributed by atoms with Gasteiger partial charge in [-0.25, -0.2) is 9.97 Å². The van der Waals surface area contributed by atoms with Crippen molar-refractivity contribution < 1.29 is 13.5 Å². The Balaban J connectivity index is 1.50. The van der Waals surface area contributed by atoms with Crippen molar-refractivity contribution in [2.75, 3.05) is 17.7 Å². The van der Waals surface area contributed by atoms with E-state index in [4.69, 9.17) is 15.9 Å². The topological polar surface area (TPSA) is 96.9 Å². The molecule has 1 saturated carbocycles. The minimum Gasteiger partial charge on any atom is -0.383 e. The van der Waals surface area contributed by atoms with Gasteiger partial charge in [0, 0.05) is 17.8 Å². The maximum Gasteiger partial charge on any atom is 0.296 e. The quantitative estimate of drug-likeness (QED) is 0.643. The Morgan fingerprint density at radius 3 is 2.56 bits per heavy atom. The van der Waals surface area contributed by atoms with Crippen molar-refractivity contribution in [3.05, 3.63) is 47.8 Å². The van der Waals surface area contributed by atoms with Gasteiger partial charge in [0.05, 0.1) is 11.7 Å². The number of nitrogens with one attached hydrogen (secondary N) is 2. The molecular formula is C19H23F2N5O. The van der Waals surface area contributed by atoms with Gasteiger partial charge < -0.3 is 21.2 Å². The van der Waals surface area contributed by atoms with Crippen LogP contribution in [0.4, 0.5) is 20.4 Å². The molecule has 6 nitrogen and oxygen atoms in total. The van der Waals surface area contributed by atoms with Crippen LogP contribution >= 0.6 is 0 Å². The third-order valence-corrected chi connectivity index (χ3v) is 4.77. The number of hydrogen-bond acceptors (Lipinski definition) is 6. The van der Waals surface area contributed by atoms with Gasteiger partial charge in [-0.1, -0.05) is 30.3 Å². The number of halogens is 2. The summed E-state index contributed by atoms with van der Waals surface area (Å²) in [7, 11) is 0. The van der Waals surface area contributed by atoms with Crippen molar-refractivity contribution in [1.29, 1.82) is 5.41 Å². The number of rotatable bonds is 7. The molecular weight excluding hydrogens is 352 g/mol. The number of ether oxygens (including phenoxy) is 1. The molecule has 1 fully saturated rings. The Hall–Kier alpha value is -2.61. The average molecular weight is 375 g/mol. The van der Waals surface area contributed by atoms with Gasteiger partial charge in [-0.3, -0.25) is 0 Å². The summed E-state index contributed by atoms with van der Waals surface area (Å²) >= 11 is 0. The van der Waals surface area contributed by atoms with E-state index in [2.05, 4.69) is 15.3 Å². The second-order valence-electron chi connectivity index (χ2n) is 6.66. The molecule has 1 aromatic carbocycles. The highest BCUT2D eigenvalue weighted by Gasteiger charge is 2.33. The molecule has 2 aromatic rings. The molecule has 0 radical (unpaired) electrons. The SMILES string of the molecule is N=Cc1c(N)ncnc1NC1CCC(OCC(F)(F)c2ccccc2)CC1. The Morgan fingerprint density at radius 1 is 1.19 bits per heavy atom. The van der Waals surface area contributed by atoms with E-state index >= 15 is 0 Å². The predicted molar refractivity (Wildman–Crippen MR) is 100 cm³/mol. The fourth-order valence-corrected chi connectivity index (χ4v) is 3.22. The zero-order valence-electron chi connectivity index (χ0n) is 14.9. The third-order valence-electron chi connectivity index (χ3n) is 4.77. The van der Waals surface area contributed by atoms with Gasteiger partial charge in [-0.05, 0) is 25.7 Å². The van der Waals surface area contributed by atoms with Crippen molar-refractivity contribution in [3.63, 3.8) is 0 Å². The van der Waals surface area contributed by atoms with Crippen molar-refractivity contribution in [3.8, 4) is 0 Å². The number of anilines is 2. The van der Waals surface area contributed by atoms with Gasteiger partial charge in [-0.2, -0.15) is 8.78 Å². The minimum absolute atomic E-state index is 0.0270. The number of benzene rings is 1.